The number of carbonyl (C=O) groups excluding carboxylic acids is 2. The molecule has 1 heterocycles. The molecule has 0 bridgehead atoms. The van der Waals surface area contributed by atoms with Crippen LogP contribution in [0.2, 0.25) is 0 Å². The van der Waals surface area contributed by atoms with Crippen LogP contribution in [0, 0.1) is 5.92 Å². The molecule has 1 rings (SSSR count). The molecular formula is C12H19BrF2N2O2. The molecule has 0 saturated carbocycles. The highest BCUT2D eigenvalue weighted by Crippen LogP contribution is 2.34. The number of amides is 2. The summed E-state index contributed by atoms with van der Waals surface area (Å²) in [6.07, 6.45) is 1.24. The zero-order chi connectivity index (χ0) is 14.6. The third-order valence-corrected chi connectivity index (χ3v) is 3.80. The third-order valence-electron chi connectivity index (χ3n) is 3.48. The second-order valence-corrected chi connectivity index (χ2v) is 6.09. The van der Waals surface area contributed by atoms with E-state index in [0.29, 0.717) is 25.8 Å². The molecule has 110 valence electrons. The number of nitrogens with zero attached hydrogens (tertiary/aromatic N) is 1. The molecule has 0 aromatic heterocycles. The maximum Gasteiger partial charge on any atom is 0.301 e. The average Bonchev–Trinajstić information content (AvgIpc) is 2.42. The summed E-state index contributed by atoms with van der Waals surface area (Å²) in [4.78, 5) is 21.8. The summed E-state index contributed by atoms with van der Waals surface area (Å²) < 4.78 is 25.9. The molecular weight excluding hydrogens is 322 g/mol. The lowest BCUT2D eigenvalue weighted by Crippen LogP contribution is -2.47. The third kappa shape index (κ3) is 5.04. The number of hydrogen-bond acceptors (Lipinski definition) is 2. The van der Waals surface area contributed by atoms with Gasteiger partial charge in [-0.1, -0.05) is 6.92 Å². The van der Waals surface area contributed by atoms with Crippen LogP contribution in [0.1, 0.15) is 39.0 Å². The van der Waals surface area contributed by atoms with Crippen molar-refractivity contribution in [3.63, 3.8) is 0 Å². The van der Waals surface area contributed by atoms with Gasteiger partial charge in [-0.3, -0.25) is 9.59 Å². The Morgan fingerprint density at radius 1 is 1.58 bits per heavy atom. The summed E-state index contributed by atoms with van der Waals surface area (Å²) in [7, 11) is 0. The fraction of sp³-hybridized carbons (Fsp3) is 0.833. The van der Waals surface area contributed by atoms with Crippen LogP contribution in [0.25, 0.3) is 0 Å². The first kappa shape index (κ1) is 16.3. The lowest BCUT2D eigenvalue weighted by molar-refractivity contribution is -0.139. The van der Waals surface area contributed by atoms with Gasteiger partial charge in [-0.05, 0) is 41.1 Å². The minimum absolute atomic E-state index is 0.175. The number of alkyl halides is 3. The zero-order valence-corrected chi connectivity index (χ0v) is 12.5. The molecule has 0 aromatic rings. The standard InChI is InChI=1S/C12H19BrF2N2O2/c1-2-9(11(16)19)17-6-5-8(3-4-10(17)18)7-12(13,14)15/h8-9H,2-7H2,1H3,(H2,16,19). The Hall–Kier alpha value is -0.720. The number of nitrogens with two attached hydrogens (primary N) is 1. The molecule has 2 N–H and O–H groups in total. The first-order valence-corrected chi connectivity index (χ1v) is 7.19. The van der Waals surface area contributed by atoms with Crippen LogP contribution in [0.15, 0.2) is 0 Å². The van der Waals surface area contributed by atoms with Crippen molar-refractivity contribution in [1.29, 1.82) is 0 Å². The van der Waals surface area contributed by atoms with Gasteiger partial charge in [0.1, 0.15) is 6.04 Å². The van der Waals surface area contributed by atoms with Gasteiger partial charge < -0.3 is 10.6 Å². The lowest BCUT2D eigenvalue weighted by atomic mass is 9.97. The molecule has 1 aliphatic rings. The van der Waals surface area contributed by atoms with Crippen molar-refractivity contribution in [3.05, 3.63) is 0 Å². The molecule has 4 nitrogen and oxygen atoms in total. The maximum atomic E-state index is 12.9. The molecule has 0 aliphatic carbocycles. The summed E-state index contributed by atoms with van der Waals surface area (Å²) >= 11 is 2.33. The molecule has 19 heavy (non-hydrogen) atoms. The maximum absolute atomic E-state index is 12.9. The number of halogens is 3. The van der Waals surface area contributed by atoms with Crippen LogP contribution in [-0.4, -0.2) is 34.1 Å². The minimum Gasteiger partial charge on any atom is -0.368 e. The smallest absolute Gasteiger partial charge is 0.301 e. The van der Waals surface area contributed by atoms with Gasteiger partial charge in [0.05, 0.1) is 0 Å². The topological polar surface area (TPSA) is 63.4 Å². The summed E-state index contributed by atoms with van der Waals surface area (Å²) in [5.41, 5.74) is 5.27. The summed E-state index contributed by atoms with van der Waals surface area (Å²) in [6.45, 7) is 2.09. The Morgan fingerprint density at radius 2 is 2.21 bits per heavy atom. The van der Waals surface area contributed by atoms with Crippen LogP contribution in [0.5, 0.6) is 0 Å². The van der Waals surface area contributed by atoms with Crippen LogP contribution < -0.4 is 5.73 Å². The van der Waals surface area contributed by atoms with E-state index < -0.39 is 16.8 Å². The highest BCUT2D eigenvalue weighted by atomic mass is 79.9. The lowest BCUT2D eigenvalue weighted by Gasteiger charge is -2.27. The predicted molar refractivity (Wildman–Crippen MR) is 70.8 cm³/mol. The fourth-order valence-corrected chi connectivity index (χ4v) is 2.96. The molecule has 7 heteroatoms. The Balaban J connectivity index is 2.69. The number of hydrogen-bond donors (Lipinski definition) is 1. The van der Waals surface area contributed by atoms with Crippen molar-refractivity contribution in [1.82, 2.24) is 4.90 Å². The van der Waals surface area contributed by atoms with E-state index in [4.69, 9.17) is 5.73 Å². The fourth-order valence-electron chi connectivity index (χ4n) is 2.50. The van der Waals surface area contributed by atoms with E-state index in [1.807, 2.05) is 0 Å². The summed E-state index contributed by atoms with van der Waals surface area (Å²) in [5.74, 6) is -0.945. The van der Waals surface area contributed by atoms with Crippen molar-refractivity contribution in [2.75, 3.05) is 6.54 Å². The van der Waals surface area contributed by atoms with E-state index in [9.17, 15) is 18.4 Å². The molecule has 2 unspecified atom stereocenters. The van der Waals surface area contributed by atoms with Gasteiger partial charge in [0.15, 0.2) is 0 Å². The molecule has 2 atom stereocenters. The average molecular weight is 341 g/mol. The molecule has 1 aliphatic heterocycles. The second kappa shape index (κ2) is 6.63. The van der Waals surface area contributed by atoms with E-state index in [-0.39, 0.29) is 24.7 Å². The first-order valence-electron chi connectivity index (χ1n) is 6.40. The van der Waals surface area contributed by atoms with E-state index in [1.54, 1.807) is 6.92 Å². The number of rotatable bonds is 5. The molecule has 0 aromatic carbocycles. The van der Waals surface area contributed by atoms with Gasteiger partial charge in [0.25, 0.3) is 0 Å². The predicted octanol–water partition coefficient (Wildman–Crippen LogP) is 2.26. The van der Waals surface area contributed by atoms with Crippen molar-refractivity contribution >= 4 is 27.7 Å². The normalized spacial score (nSPS) is 23.1. The van der Waals surface area contributed by atoms with Gasteiger partial charge in [-0.25, -0.2) is 0 Å². The Morgan fingerprint density at radius 3 is 2.68 bits per heavy atom. The Bertz CT molecular complexity index is 347. The van der Waals surface area contributed by atoms with E-state index in [0.717, 1.165) is 0 Å². The first-order chi connectivity index (χ1) is 8.74. The van der Waals surface area contributed by atoms with Crippen LogP contribution >= 0.6 is 15.9 Å². The second-order valence-electron chi connectivity index (χ2n) is 4.93. The van der Waals surface area contributed by atoms with Crippen LogP contribution in [0.3, 0.4) is 0 Å². The highest BCUT2D eigenvalue weighted by molar-refractivity contribution is 9.09. The van der Waals surface area contributed by atoms with Crippen LogP contribution in [0.4, 0.5) is 8.78 Å². The largest absolute Gasteiger partial charge is 0.368 e. The van der Waals surface area contributed by atoms with Crippen molar-refractivity contribution < 1.29 is 18.4 Å². The summed E-state index contributed by atoms with van der Waals surface area (Å²) in [5, 5.41) is 0. The van der Waals surface area contributed by atoms with Gasteiger partial charge in [-0.2, -0.15) is 8.78 Å². The Labute approximate surface area is 119 Å². The van der Waals surface area contributed by atoms with Gasteiger partial charge in [0, 0.05) is 19.4 Å². The van der Waals surface area contributed by atoms with Crippen LogP contribution in [-0.2, 0) is 9.59 Å². The molecule has 2 amide bonds. The number of likely N-dealkylation sites (tertiary alicyclic amines) is 1. The van der Waals surface area contributed by atoms with E-state index in [1.165, 1.54) is 4.90 Å². The molecule has 1 fully saturated rings. The molecule has 0 radical (unpaired) electrons. The Kier molecular flexibility index (Phi) is 5.70. The number of carbonyl (C=O) groups is 2. The van der Waals surface area contributed by atoms with Gasteiger partial charge in [-0.15, -0.1) is 0 Å². The zero-order valence-electron chi connectivity index (χ0n) is 10.9. The molecule has 0 spiro atoms. The summed E-state index contributed by atoms with van der Waals surface area (Å²) in [6, 6.07) is -0.629. The van der Waals surface area contributed by atoms with Gasteiger partial charge in [0.2, 0.25) is 11.8 Å². The quantitative estimate of drug-likeness (QED) is 0.780. The monoisotopic (exact) mass is 340 g/mol. The van der Waals surface area contributed by atoms with Crippen molar-refractivity contribution in [2.24, 2.45) is 11.7 Å². The van der Waals surface area contributed by atoms with E-state index >= 15 is 0 Å². The SMILES string of the molecule is CCC(C(N)=O)N1CCC(CC(F)(F)Br)CCC1=O. The minimum atomic E-state index is -2.90. The highest BCUT2D eigenvalue weighted by Gasteiger charge is 2.34. The molecule has 1 saturated heterocycles. The van der Waals surface area contributed by atoms with Gasteiger partial charge >= 0.3 is 4.83 Å². The number of primary amides is 1. The van der Waals surface area contributed by atoms with E-state index in [2.05, 4.69) is 15.9 Å². The van der Waals surface area contributed by atoms with Crippen molar-refractivity contribution in [2.45, 2.75) is 49.9 Å². The van der Waals surface area contributed by atoms with Crippen molar-refractivity contribution in [3.8, 4) is 0 Å².